The molecule has 2 fully saturated rings. The van der Waals surface area contributed by atoms with E-state index in [9.17, 15) is 18.8 Å². The topological polar surface area (TPSA) is 91.0 Å². The Morgan fingerprint density at radius 2 is 2.07 bits per heavy atom. The molecule has 8 nitrogen and oxygen atoms in total. The van der Waals surface area contributed by atoms with E-state index in [2.05, 4.69) is 15.5 Å². The summed E-state index contributed by atoms with van der Waals surface area (Å²) in [7, 11) is 0. The minimum atomic E-state index is -0.731. The Bertz CT molecular complexity index is 724. The highest BCUT2D eigenvalue weighted by molar-refractivity contribution is 6.04. The number of imide groups is 1. The maximum atomic E-state index is 13.3. The van der Waals surface area contributed by atoms with E-state index in [1.54, 1.807) is 6.07 Å². The molecule has 2 N–H and O–H groups in total. The van der Waals surface area contributed by atoms with Crippen LogP contribution in [0.4, 0.5) is 9.18 Å². The Morgan fingerprint density at radius 3 is 2.82 bits per heavy atom. The molecule has 9 heteroatoms. The molecule has 2 saturated heterocycles. The minimum Gasteiger partial charge on any atom is -0.379 e. The van der Waals surface area contributed by atoms with Gasteiger partial charge in [-0.25, -0.2) is 9.18 Å². The van der Waals surface area contributed by atoms with E-state index in [0.29, 0.717) is 25.3 Å². The first-order valence-electron chi connectivity index (χ1n) is 9.46. The lowest BCUT2D eigenvalue weighted by Gasteiger charge is -2.26. The minimum absolute atomic E-state index is 0.00464. The van der Waals surface area contributed by atoms with Gasteiger partial charge in [0.2, 0.25) is 5.91 Å². The highest BCUT2D eigenvalue weighted by atomic mass is 19.1. The van der Waals surface area contributed by atoms with Gasteiger partial charge < -0.3 is 15.4 Å². The number of nitrogens with one attached hydrogen (secondary N) is 2. The maximum Gasteiger partial charge on any atom is 0.325 e. The van der Waals surface area contributed by atoms with Crippen molar-refractivity contribution in [1.82, 2.24) is 20.4 Å². The molecule has 28 heavy (non-hydrogen) atoms. The highest BCUT2D eigenvalue weighted by Gasteiger charge is 2.37. The number of nitrogens with zero attached hydrogens (tertiary/aromatic N) is 2. The first kappa shape index (κ1) is 20.2. The second-order valence-electron chi connectivity index (χ2n) is 6.90. The van der Waals surface area contributed by atoms with Crippen molar-refractivity contribution in [2.75, 3.05) is 39.4 Å². The number of rotatable bonds is 8. The normalized spacial score (nSPS) is 20.3. The monoisotopic (exact) mass is 392 g/mol. The zero-order chi connectivity index (χ0) is 19.9. The smallest absolute Gasteiger partial charge is 0.325 e. The summed E-state index contributed by atoms with van der Waals surface area (Å²) in [5.74, 6) is -0.968. The van der Waals surface area contributed by atoms with E-state index >= 15 is 0 Å². The van der Waals surface area contributed by atoms with E-state index in [1.807, 2.05) is 0 Å². The molecule has 0 bridgehead atoms. The van der Waals surface area contributed by atoms with Gasteiger partial charge in [0.25, 0.3) is 5.91 Å². The van der Waals surface area contributed by atoms with Crippen molar-refractivity contribution < 1.29 is 23.5 Å². The Kier molecular flexibility index (Phi) is 6.94. The SMILES string of the molecule is O=C(CC[C@H]1NC(=O)N(Cc2cccc(F)c2)C1=O)NCCN1CCOCC1. The molecule has 0 unspecified atom stereocenters. The van der Waals surface area contributed by atoms with Crippen LogP contribution in [0.25, 0.3) is 0 Å². The fraction of sp³-hybridized carbons (Fsp3) is 0.526. The van der Waals surface area contributed by atoms with Gasteiger partial charge in [-0.2, -0.15) is 0 Å². The molecule has 2 aliphatic rings. The molecule has 1 aromatic rings. The van der Waals surface area contributed by atoms with Crippen LogP contribution in [0.5, 0.6) is 0 Å². The van der Waals surface area contributed by atoms with Crippen molar-refractivity contribution in [1.29, 1.82) is 0 Å². The number of hydrogen-bond donors (Lipinski definition) is 2. The van der Waals surface area contributed by atoms with E-state index in [1.165, 1.54) is 18.2 Å². The maximum absolute atomic E-state index is 13.3. The summed E-state index contributed by atoms with van der Waals surface area (Å²) in [6.07, 6.45) is 0.376. The van der Waals surface area contributed by atoms with Gasteiger partial charge in [-0.15, -0.1) is 0 Å². The molecule has 0 radical (unpaired) electrons. The fourth-order valence-electron chi connectivity index (χ4n) is 3.28. The Balaban J connectivity index is 1.40. The van der Waals surface area contributed by atoms with Crippen molar-refractivity contribution in [3.63, 3.8) is 0 Å². The Hall–Kier alpha value is -2.52. The van der Waals surface area contributed by atoms with Crippen LogP contribution < -0.4 is 10.6 Å². The molecule has 2 heterocycles. The average Bonchev–Trinajstić information content (AvgIpc) is 2.95. The van der Waals surface area contributed by atoms with Gasteiger partial charge >= 0.3 is 6.03 Å². The van der Waals surface area contributed by atoms with Crippen LogP contribution in [-0.4, -0.2) is 73.1 Å². The number of carbonyl (C=O) groups excluding carboxylic acids is 3. The Labute approximate surface area is 163 Å². The molecule has 1 aromatic carbocycles. The summed E-state index contributed by atoms with van der Waals surface area (Å²) in [5, 5.41) is 5.43. The van der Waals surface area contributed by atoms with Crippen LogP contribution >= 0.6 is 0 Å². The van der Waals surface area contributed by atoms with Crippen LogP contribution in [-0.2, 0) is 20.9 Å². The number of amides is 4. The third-order valence-electron chi connectivity index (χ3n) is 4.85. The number of carbonyl (C=O) groups is 3. The summed E-state index contributed by atoms with van der Waals surface area (Å²) in [6.45, 7) is 4.45. The second-order valence-corrected chi connectivity index (χ2v) is 6.90. The van der Waals surface area contributed by atoms with Gasteiger partial charge in [-0.3, -0.25) is 19.4 Å². The molecule has 0 saturated carbocycles. The van der Waals surface area contributed by atoms with Crippen molar-refractivity contribution in [2.24, 2.45) is 0 Å². The van der Waals surface area contributed by atoms with Crippen LogP contribution in [0.15, 0.2) is 24.3 Å². The summed E-state index contributed by atoms with van der Waals surface area (Å²) in [5.41, 5.74) is 0.532. The van der Waals surface area contributed by atoms with E-state index in [-0.39, 0.29) is 25.3 Å². The summed E-state index contributed by atoms with van der Waals surface area (Å²) in [4.78, 5) is 39.8. The van der Waals surface area contributed by atoms with Crippen LogP contribution in [0.1, 0.15) is 18.4 Å². The van der Waals surface area contributed by atoms with Crippen molar-refractivity contribution in [2.45, 2.75) is 25.4 Å². The predicted molar refractivity (Wildman–Crippen MR) is 98.8 cm³/mol. The lowest BCUT2D eigenvalue weighted by atomic mass is 10.1. The zero-order valence-corrected chi connectivity index (χ0v) is 15.7. The molecule has 2 aliphatic heterocycles. The molecular weight excluding hydrogens is 367 g/mol. The summed E-state index contributed by atoms with van der Waals surface area (Å²) >= 11 is 0. The molecule has 0 spiro atoms. The lowest BCUT2D eigenvalue weighted by Crippen LogP contribution is -2.41. The van der Waals surface area contributed by atoms with E-state index in [4.69, 9.17) is 4.74 Å². The first-order chi connectivity index (χ1) is 13.5. The van der Waals surface area contributed by atoms with Crippen molar-refractivity contribution in [3.8, 4) is 0 Å². The van der Waals surface area contributed by atoms with Crippen LogP contribution in [0, 0.1) is 5.82 Å². The third-order valence-corrected chi connectivity index (χ3v) is 4.85. The number of benzene rings is 1. The lowest BCUT2D eigenvalue weighted by molar-refractivity contribution is -0.128. The summed E-state index contributed by atoms with van der Waals surface area (Å²) in [6, 6.07) is 4.52. The molecular formula is C19H25FN4O4. The molecule has 3 rings (SSSR count). The predicted octanol–water partition coefficient (Wildman–Crippen LogP) is 0.475. The van der Waals surface area contributed by atoms with E-state index in [0.717, 1.165) is 24.5 Å². The number of urea groups is 1. The van der Waals surface area contributed by atoms with Gasteiger partial charge in [0.1, 0.15) is 11.9 Å². The molecule has 0 aliphatic carbocycles. The molecule has 1 atom stereocenters. The molecule has 152 valence electrons. The van der Waals surface area contributed by atoms with Crippen LogP contribution in [0.3, 0.4) is 0 Å². The second kappa shape index (κ2) is 9.61. The van der Waals surface area contributed by atoms with Crippen molar-refractivity contribution in [3.05, 3.63) is 35.6 Å². The first-order valence-corrected chi connectivity index (χ1v) is 9.46. The van der Waals surface area contributed by atoms with Gasteiger partial charge in [-0.05, 0) is 24.1 Å². The molecule has 0 aromatic heterocycles. The number of hydrogen-bond acceptors (Lipinski definition) is 5. The standard InChI is InChI=1S/C19H25FN4O4/c20-15-3-1-2-14(12-15)13-24-18(26)16(22-19(24)27)4-5-17(25)21-6-7-23-8-10-28-11-9-23/h1-3,12,16H,4-11,13H2,(H,21,25)(H,22,27)/t16-/m1/s1. The quantitative estimate of drug-likeness (QED) is 0.628. The van der Waals surface area contributed by atoms with Gasteiger partial charge in [0, 0.05) is 32.6 Å². The average molecular weight is 392 g/mol. The highest BCUT2D eigenvalue weighted by Crippen LogP contribution is 2.15. The van der Waals surface area contributed by atoms with Crippen molar-refractivity contribution >= 4 is 17.8 Å². The zero-order valence-electron chi connectivity index (χ0n) is 15.7. The van der Waals surface area contributed by atoms with Gasteiger partial charge in [0.15, 0.2) is 0 Å². The molecule has 4 amide bonds. The van der Waals surface area contributed by atoms with Gasteiger partial charge in [-0.1, -0.05) is 12.1 Å². The largest absolute Gasteiger partial charge is 0.379 e. The number of halogens is 1. The van der Waals surface area contributed by atoms with Crippen LogP contribution in [0.2, 0.25) is 0 Å². The number of ether oxygens (including phenoxy) is 1. The van der Waals surface area contributed by atoms with E-state index < -0.39 is 23.8 Å². The van der Waals surface area contributed by atoms with Gasteiger partial charge in [0.05, 0.1) is 19.8 Å². The summed E-state index contributed by atoms with van der Waals surface area (Å²) < 4.78 is 18.6. The number of morpholine rings is 1. The third kappa shape index (κ3) is 5.49. The fourth-order valence-corrected chi connectivity index (χ4v) is 3.28. The Morgan fingerprint density at radius 1 is 1.29 bits per heavy atom.